The lowest BCUT2D eigenvalue weighted by Gasteiger charge is -2.28. The minimum absolute atomic E-state index is 0.00629. The quantitative estimate of drug-likeness (QED) is 0.244. The van der Waals surface area contributed by atoms with Crippen LogP contribution in [0.15, 0.2) is 114 Å². The molecule has 6 rings (SSSR count). The number of halogens is 1. The summed E-state index contributed by atoms with van der Waals surface area (Å²) in [5.41, 5.74) is 8.95. The molecule has 2 heteroatoms. The van der Waals surface area contributed by atoms with Gasteiger partial charge >= 0.3 is 0 Å². The molecule has 0 spiro atoms. The third-order valence-corrected chi connectivity index (χ3v) is 7.62. The van der Waals surface area contributed by atoms with E-state index in [4.69, 9.17) is 0 Å². The minimum atomic E-state index is 0.00629. The average Bonchev–Trinajstić information content (AvgIpc) is 3.08. The largest absolute Gasteiger partial charge is 0.310 e. The van der Waals surface area contributed by atoms with E-state index >= 15 is 0 Å². The summed E-state index contributed by atoms with van der Waals surface area (Å²) in [5, 5.41) is 2.43. The molecule has 5 aromatic carbocycles. The Labute approximate surface area is 203 Å². The maximum atomic E-state index is 3.75. The van der Waals surface area contributed by atoms with Crippen molar-refractivity contribution in [1.82, 2.24) is 0 Å². The van der Waals surface area contributed by atoms with Crippen molar-refractivity contribution in [2.45, 2.75) is 19.3 Å². The Balaban J connectivity index is 1.62. The van der Waals surface area contributed by atoms with Gasteiger partial charge < -0.3 is 4.90 Å². The third kappa shape index (κ3) is 3.13. The van der Waals surface area contributed by atoms with Gasteiger partial charge in [0.05, 0.1) is 5.69 Å². The van der Waals surface area contributed by atoms with Gasteiger partial charge in [0.15, 0.2) is 0 Å². The molecule has 160 valence electrons. The third-order valence-electron chi connectivity index (χ3n) is 6.93. The molecule has 1 nitrogen and oxygen atoms in total. The number of nitrogens with zero attached hydrogens (tertiary/aromatic N) is 1. The van der Waals surface area contributed by atoms with E-state index in [1.807, 2.05) is 0 Å². The lowest BCUT2D eigenvalue weighted by atomic mass is 9.82. The van der Waals surface area contributed by atoms with E-state index in [2.05, 4.69) is 144 Å². The summed E-state index contributed by atoms with van der Waals surface area (Å²) in [6.45, 7) is 4.66. The second kappa shape index (κ2) is 7.60. The van der Waals surface area contributed by atoms with Gasteiger partial charge in [0, 0.05) is 26.6 Å². The Morgan fingerprint density at radius 1 is 0.576 bits per heavy atom. The zero-order valence-corrected chi connectivity index (χ0v) is 20.3. The van der Waals surface area contributed by atoms with Gasteiger partial charge in [-0.25, -0.2) is 0 Å². The number of anilines is 3. The van der Waals surface area contributed by atoms with Gasteiger partial charge in [-0.15, -0.1) is 0 Å². The summed E-state index contributed by atoms with van der Waals surface area (Å²) in [6, 6.07) is 39.4. The Morgan fingerprint density at radius 2 is 1.24 bits per heavy atom. The minimum Gasteiger partial charge on any atom is -0.310 e. The second-order valence-electron chi connectivity index (χ2n) is 9.18. The Morgan fingerprint density at radius 3 is 2.06 bits per heavy atom. The first-order valence-electron chi connectivity index (χ1n) is 11.3. The van der Waals surface area contributed by atoms with Crippen molar-refractivity contribution in [3.05, 3.63) is 125 Å². The van der Waals surface area contributed by atoms with Crippen LogP contribution in [0.5, 0.6) is 0 Å². The van der Waals surface area contributed by atoms with E-state index in [0.29, 0.717) is 0 Å². The Bertz CT molecular complexity index is 1500. The molecule has 0 amide bonds. The molecular weight excluding hydrogens is 466 g/mol. The van der Waals surface area contributed by atoms with Crippen LogP contribution < -0.4 is 4.90 Å². The van der Waals surface area contributed by atoms with Crippen LogP contribution in [0.1, 0.15) is 25.0 Å². The number of hydrogen-bond donors (Lipinski definition) is 0. The molecule has 0 heterocycles. The smallest absolute Gasteiger partial charge is 0.0540 e. The van der Waals surface area contributed by atoms with Crippen LogP contribution in [0.3, 0.4) is 0 Å². The first-order chi connectivity index (χ1) is 16.1. The number of fused-ring (bicyclic) bond motifs is 4. The predicted molar refractivity (Wildman–Crippen MR) is 144 cm³/mol. The highest BCUT2D eigenvalue weighted by molar-refractivity contribution is 9.10. The molecule has 0 saturated carbocycles. The normalized spacial score (nSPS) is 13.5. The number of benzene rings is 5. The standard InChI is InChI=1S/C31H24BrN/c1-31(2)27-15-9-8-12-23(27)26-20-22(16-17-28(26)31)33(21-10-4-3-5-11-21)30-19-18-29(32)24-13-6-7-14-25(24)30/h3-20H,1-2H3. The molecule has 0 fully saturated rings. The average molecular weight is 490 g/mol. The number of hydrogen-bond acceptors (Lipinski definition) is 1. The molecule has 0 unspecified atom stereocenters. The van der Waals surface area contributed by atoms with E-state index in [9.17, 15) is 0 Å². The van der Waals surface area contributed by atoms with Crippen LogP contribution in [0.2, 0.25) is 0 Å². The van der Waals surface area contributed by atoms with Gasteiger partial charge in [-0.3, -0.25) is 0 Å². The molecule has 0 radical (unpaired) electrons. The van der Waals surface area contributed by atoms with Crippen LogP contribution in [0, 0.1) is 0 Å². The summed E-state index contributed by atoms with van der Waals surface area (Å²) >= 11 is 3.75. The maximum Gasteiger partial charge on any atom is 0.0540 e. The van der Waals surface area contributed by atoms with Crippen LogP contribution in [0.4, 0.5) is 17.1 Å². The van der Waals surface area contributed by atoms with Crippen molar-refractivity contribution in [2.75, 3.05) is 4.90 Å². The number of rotatable bonds is 3. The summed E-state index contributed by atoms with van der Waals surface area (Å²) < 4.78 is 1.11. The summed E-state index contributed by atoms with van der Waals surface area (Å²) in [5.74, 6) is 0. The highest BCUT2D eigenvalue weighted by atomic mass is 79.9. The molecule has 1 aliphatic carbocycles. The fourth-order valence-electron chi connectivity index (χ4n) is 5.29. The van der Waals surface area contributed by atoms with Crippen LogP contribution in [-0.2, 0) is 5.41 Å². The lowest BCUT2D eigenvalue weighted by Crippen LogP contribution is -2.15. The van der Waals surface area contributed by atoms with Crippen LogP contribution in [-0.4, -0.2) is 0 Å². The molecule has 5 aromatic rings. The number of para-hydroxylation sites is 1. The van der Waals surface area contributed by atoms with Crippen molar-refractivity contribution in [3.63, 3.8) is 0 Å². The Hall–Kier alpha value is -3.36. The molecule has 0 bridgehead atoms. The molecule has 0 N–H and O–H groups in total. The molecular formula is C31H24BrN. The van der Waals surface area contributed by atoms with Crippen molar-refractivity contribution in [3.8, 4) is 11.1 Å². The zero-order chi connectivity index (χ0) is 22.6. The summed E-state index contributed by atoms with van der Waals surface area (Å²) in [4.78, 5) is 2.38. The molecule has 0 saturated heterocycles. The first kappa shape index (κ1) is 20.3. The maximum absolute atomic E-state index is 3.75. The Kier molecular flexibility index (Phi) is 4.67. The highest BCUT2D eigenvalue weighted by Crippen LogP contribution is 2.51. The van der Waals surface area contributed by atoms with E-state index in [0.717, 1.165) is 10.2 Å². The van der Waals surface area contributed by atoms with Crippen LogP contribution in [0.25, 0.3) is 21.9 Å². The summed E-state index contributed by atoms with van der Waals surface area (Å²) in [7, 11) is 0. The fourth-order valence-corrected chi connectivity index (χ4v) is 5.77. The highest BCUT2D eigenvalue weighted by Gasteiger charge is 2.35. The van der Waals surface area contributed by atoms with E-state index in [1.165, 1.54) is 44.4 Å². The fraction of sp³-hybridized carbons (Fsp3) is 0.0968. The zero-order valence-electron chi connectivity index (χ0n) is 18.7. The van der Waals surface area contributed by atoms with Crippen molar-refractivity contribution >= 4 is 43.8 Å². The predicted octanol–water partition coefficient (Wildman–Crippen LogP) is 9.38. The van der Waals surface area contributed by atoms with Crippen molar-refractivity contribution in [2.24, 2.45) is 0 Å². The monoisotopic (exact) mass is 489 g/mol. The van der Waals surface area contributed by atoms with Gasteiger partial charge in [-0.1, -0.05) is 103 Å². The topological polar surface area (TPSA) is 3.24 Å². The second-order valence-corrected chi connectivity index (χ2v) is 10.0. The van der Waals surface area contributed by atoms with E-state index in [-0.39, 0.29) is 5.41 Å². The lowest BCUT2D eigenvalue weighted by molar-refractivity contribution is 0.660. The molecule has 0 aliphatic heterocycles. The SMILES string of the molecule is CC1(C)c2ccccc2-c2cc(N(c3ccccc3)c3ccc(Br)c4ccccc34)ccc21. The van der Waals surface area contributed by atoms with E-state index < -0.39 is 0 Å². The van der Waals surface area contributed by atoms with Gasteiger partial charge in [0.1, 0.15) is 0 Å². The van der Waals surface area contributed by atoms with Crippen LogP contribution >= 0.6 is 15.9 Å². The molecule has 0 aromatic heterocycles. The van der Waals surface area contributed by atoms with Gasteiger partial charge in [0.25, 0.3) is 0 Å². The first-order valence-corrected chi connectivity index (χ1v) is 12.1. The molecule has 33 heavy (non-hydrogen) atoms. The van der Waals surface area contributed by atoms with Gasteiger partial charge in [-0.05, 0) is 64.0 Å². The van der Waals surface area contributed by atoms with Crippen molar-refractivity contribution in [1.29, 1.82) is 0 Å². The molecule has 0 atom stereocenters. The van der Waals surface area contributed by atoms with Crippen molar-refractivity contribution < 1.29 is 0 Å². The van der Waals surface area contributed by atoms with Gasteiger partial charge in [0.2, 0.25) is 0 Å². The molecule has 1 aliphatic rings. The van der Waals surface area contributed by atoms with Gasteiger partial charge in [-0.2, -0.15) is 0 Å². The summed E-state index contributed by atoms with van der Waals surface area (Å²) in [6.07, 6.45) is 0. The van der Waals surface area contributed by atoms with E-state index in [1.54, 1.807) is 0 Å².